The van der Waals surface area contributed by atoms with Crippen LogP contribution in [0.25, 0.3) is 0 Å². The number of rotatable bonds is 8. The maximum atomic E-state index is 5.61. The van der Waals surface area contributed by atoms with Gasteiger partial charge in [0.1, 0.15) is 5.82 Å². The molecule has 1 rings (SSSR count). The largest absolute Gasteiger partial charge is 0.375 e. The Labute approximate surface area is 104 Å². The van der Waals surface area contributed by atoms with Crippen LogP contribution in [0.4, 0.5) is 5.82 Å². The molecule has 0 aromatic carbocycles. The van der Waals surface area contributed by atoms with Crippen molar-refractivity contribution >= 4 is 5.82 Å². The van der Waals surface area contributed by atoms with Gasteiger partial charge in [0.05, 0.1) is 24.7 Å². The molecule has 0 radical (unpaired) electrons. The van der Waals surface area contributed by atoms with Gasteiger partial charge in [-0.3, -0.25) is 4.98 Å². The van der Waals surface area contributed by atoms with Crippen LogP contribution in [0.1, 0.15) is 39.3 Å². The molecule has 0 amide bonds. The number of hydrogen-bond acceptors (Lipinski definition) is 4. The molecule has 0 aliphatic rings. The average Bonchev–Trinajstić information content (AvgIpc) is 2.32. The molecule has 0 saturated heterocycles. The zero-order valence-electron chi connectivity index (χ0n) is 11.1. The topological polar surface area (TPSA) is 47.0 Å². The van der Waals surface area contributed by atoms with Gasteiger partial charge in [-0.1, -0.05) is 20.3 Å². The van der Waals surface area contributed by atoms with E-state index in [1.54, 1.807) is 12.4 Å². The van der Waals surface area contributed by atoms with Crippen molar-refractivity contribution < 1.29 is 4.74 Å². The Morgan fingerprint density at radius 3 is 2.71 bits per heavy atom. The highest BCUT2D eigenvalue weighted by Gasteiger charge is 2.02. The summed E-state index contributed by atoms with van der Waals surface area (Å²) in [7, 11) is 0. The third-order valence-electron chi connectivity index (χ3n) is 2.50. The number of ether oxygens (including phenoxy) is 1. The van der Waals surface area contributed by atoms with Gasteiger partial charge in [0, 0.05) is 13.2 Å². The fourth-order valence-corrected chi connectivity index (χ4v) is 1.64. The van der Waals surface area contributed by atoms with E-state index in [2.05, 4.69) is 29.1 Å². The van der Waals surface area contributed by atoms with Crippen molar-refractivity contribution in [3.63, 3.8) is 0 Å². The third-order valence-corrected chi connectivity index (χ3v) is 2.50. The first-order chi connectivity index (χ1) is 8.26. The summed E-state index contributed by atoms with van der Waals surface area (Å²) >= 11 is 0. The van der Waals surface area contributed by atoms with Gasteiger partial charge in [0.2, 0.25) is 0 Å². The molecule has 1 heterocycles. The lowest BCUT2D eigenvalue weighted by atomic mass is 10.1. The van der Waals surface area contributed by atoms with E-state index in [0.717, 1.165) is 24.7 Å². The van der Waals surface area contributed by atoms with Gasteiger partial charge in [0.15, 0.2) is 0 Å². The van der Waals surface area contributed by atoms with Gasteiger partial charge in [-0.25, -0.2) is 4.98 Å². The van der Waals surface area contributed by atoms with Gasteiger partial charge in [-0.15, -0.1) is 0 Å². The second-order valence-corrected chi connectivity index (χ2v) is 4.33. The minimum absolute atomic E-state index is 0.549. The molecule has 0 bridgehead atoms. The van der Waals surface area contributed by atoms with E-state index in [9.17, 15) is 0 Å². The first-order valence-corrected chi connectivity index (χ1v) is 6.38. The first kappa shape index (κ1) is 13.9. The standard InChI is InChI=1S/C13H23N3O/c1-4-6-11(3)9-17-10-12-7-16-13(8-15-12)14-5-2/h7-8,11H,4-6,9-10H2,1-3H3,(H,14,16). The normalized spacial score (nSPS) is 12.4. The molecule has 0 spiro atoms. The Balaban J connectivity index is 2.27. The van der Waals surface area contributed by atoms with Crippen molar-refractivity contribution in [1.29, 1.82) is 0 Å². The highest BCUT2D eigenvalue weighted by atomic mass is 16.5. The highest BCUT2D eigenvalue weighted by Crippen LogP contribution is 2.07. The summed E-state index contributed by atoms with van der Waals surface area (Å²) in [5.41, 5.74) is 0.885. The van der Waals surface area contributed by atoms with Crippen LogP contribution in [0.15, 0.2) is 12.4 Å². The maximum Gasteiger partial charge on any atom is 0.144 e. The SMILES string of the molecule is CCCC(C)COCc1cnc(NCC)cn1. The van der Waals surface area contributed by atoms with Crippen molar-refractivity contribution in [2.24, 2.45) is 5.92 Å². The molecule has 1 unspecified atom stereocenters. The van der Waals surface area contributed by atoms with E-state index in [1.165, 1.54) is 12.8 Å². The Morgan fingerprint density at radius 1 is 1.29 bits per heavy atom. The van der Waals surface area contributed by atoms with Crippen LogP contribution in [0.3, 0.4) is 0 Å². The molecule has 0 aliphatic heterocycles. The zero-order valence-corrected chi connectivity index (χ0v) is 11.1. The Bertz CT molecular complexity index is 300. The maximum absolute atomic E-state index is 5.61. The van der Waals surface area contributed by atoms with Crippen LogP contribution < -0.4 is 5.32 Å². The predicted molar refractivity (Wildman–Crippen MR) is 69.9 cm³/mol. The number of nitrogens with one attached hydrogen (secondary N) is 1. The predicted octanol–water partition coefficient (Wildman–Crippen LogP) is 2.86. The van der Waals surface area contributed by atoms with Crippen LogP contribution in [0.5, 0.6) is 0 Å². The molecule has 1 N–H and O–H groups in total. The summed E-state index contributed by atoms with van der Waals surface area (Å²) in [5.74, 6) is 1.43. The molecular formula is C13H23N3O. The Kier molecular flexibility index (Phi) is 6.55. The van der Waals surface area contributed by atoms with Crippen LogP contribution >= 0.6 is 0 Å². The summed E-state index contributed by atoms with van der Waals surface area (Å²) in [6.07, 6.45) is 5.94. The molecule has 0 aliphatic carbocycles. The fraction of sp³-hybridized carbons (Fsp3) is 0.692. The molecular weight excluding hydrogens is 214 g/mol. The van der Waals surface area contributed by atoms with Crippen LogP contribution in [0, 0.1) is 5.92 Å². The van der Waals surface area contributed by atoms with E-state index in [-0.39, 0.29) is 0 Å². The molecule has 0 fully saturated rings. The summed E-state index contributed by atoms with van der Waals surface area (Å²) in [5, 5.41) is 3.11. The zero-order chi connectivity index (χ0) is 12.5. The molecule has 17 heavy (non-hydrogen) atoms. The lowest BCUT2D eigenvalue weighted by Crippen LogP contribution is -2.07. The second kappa shape index (κ2) is 8.01. The molecule has 1 aromatic rings. The summed E-state index contributed by atoms with van der Waals surface area (Å²) in [6.45, 7) is 8.65. The monoisotopic (exact) mass is 237 g/mol. The van der Waals surface area contributed by atoms with E-state index in [1.807, 2.05) is 6.92 Å². The second-order valence-electron chi connectivity index (χ2n) is 4.33. The van der Waals surface area contributed by atoms with E-state index >= 15 is 0 Å². The summed E-state index contributed by atoms with van der Waals surface area (Å²) in [6, 6.07) is 0. The highest BCUT2D eigenvalue weighted by molar-refractivity contribution is 5.30. The van der Waals surface area contributed by atoms with Crippen LogP contribution in [-0.2, 0) is 11.3 Å². The third kappa shape index (κ3) is 5.63. The number of aromatic nitrogens is 2. The molecule has 4 nitrogen and oxygen atoms in total. The first-order valence-electron chi connectivity index (χ1n) is 6.38. The Morgan fingerprint density at radius 2 is 2.12 bits per heavy atom. The molecule has 0 saturated carbocycles. The average molecular weight is 237 g/mol. The molecule has 4 heteroatoms. The van der Waals surface area contributed by atoms with E-state index in [0.29, 0.717) is 12.5 Å². The minimum Gasteiger partial charge on any atom is -0.375 e. The quantitative estimate of drug-likeness (QED) is 0.755. The van der Waals surface area contributed by atoms with Crippen molar-refractivity contribution in [3.8, 4) is 0 Å². The fourth-order valence-electron chi connectivity index (χ4n) is 1.64. The summed E-state index contributed by atoms with van der Waals surface area (Å²) < 4.78 is 5.61. The Hall–Kier alpha value is -1.16. The van der Waals surface area contributed by atoms with Gasteiger partial charge in [-0.2, -0.15) is 0 Å². The van der Waals surface area contributed by atoms with E-state index < -0.39 is 0 Å². The molecule has 1 aromatic heterocycles. The molecule has 96 valence electrons. The minimum atomic E-state index is 0.549. The van der Waals surface area contributed by atoms with Crippen LogP contribution in [-0.4, -0.2) is 23.1 Å². The summed E-state index contributed by atoms with van der Waals surface area (Å²) in [4.78, 5) is 8.54. The van der Waals surface area contributed by atoms with Gasteiger partial charge >= 0.3 is 0 Å². The number of anilines is 1. The number of nitrogens with zero attached hydrogens (tertiary/aromatic N) is 2. The van der Waals surface area contributed by atoms with E-state index in [4.69, 9.17) is 4.74 Å². The van der Waals surface area contributed by atoms with Crippen molar-refractivity contribution in [2.75, 3.05) is 18.5 Å². The molecule has 1 atom stereocenters. The lowest BCUT2D eigenvalue weighted by molar-refractivity contribution is 0.0870. The van der Waals surface area contributed by atoms with Crippen molar-refractivity contribution in [2.45, 2.75) is 40.2 Å². The number of hydrogen-bond donors (Lipinski definition) is 1. The van der Waals surface area contributed by atoms with Gasteiger partial charge in [-0.05, 0) is 19.3 Å². The lowest BCUT2D eigenvalue weighted by Gasteiger charge is -2.10. The smallest absolute Gasteiger partial charge is 0.144 e. The van der Waals surface area contributed by atoms with Crippen molar-refractivity contribution in [1.82, 2.24) is 9.97 Å². The van der Waals surface area contributed by atoms with Crippen molar-refractivity contribution in [3.05, 3.63) is 18.1 Å². The van der Waals surface area contributed by atoms with Gasteiger partial charge in [0.25, 0.3) is 0 Å². The van der Waals surface area contributed by atoms with Gasteiger partial charge < -0.3 is 10.1 Å². The van der Waals surface area contributed by atoms with Crippen LogP contribution in [0.2, 0.25) is 0 Å².